The number of aryl methyl sites for hydroxylation is 1. The SMILES string of the molecule is CC(C)CNCCCc1ncc(-c2cc3sccc3s2)o1. The van der Waals surface area contributed by atoms with Crippen LogP contribution in [0.1, 0.15) is 26.2 Å². The molecule has 3 nitrogen and oxygen atoms in total. The Hall–Kier alpha value is -1.17. The molecule has 1 N–H and O–H groups in total. The van der Waals surface area contributed by atoms with Gasteiger partial charge in [-0.3, -0.25) is 0 Å². The lowest BCUT2D eigenvalue weighted by molar-refractivity contribution is 0.484. The topological polar surface area (TPSA) is 38.1 Å². The summed E-state index contributed by atoms with van der Waals surface area (Å²) in [5.74, 6) is 2.44. The molecule has 0 radical (unpaired) electrons. The zero-order chi connectivity index (χ0) is 14.7. The van der Waals surface area contributed by atoms with E-state index in [1.807, 2.05) is 6.20 Å². The van der Waals surface area contributed by atoms with Crippen molar-refractivity contribution < 1.29 is 4.42 Å². The van der Waals surface area contributed by atoms with Crippen molar-refractivity contribution in [3.8, 4) is 10.6 Å². The van der Waals surface area contributed by atoms with Gasteiger partial charge in [0.1, 0.15) is 0 Å². The van der Waals surface area contributed by atoms with Gasteiger partial charge >= 0.3 is 0 Å². The summed E-state index contributed by atoms with van der Waals surface area (Å²) < 4.78 is 8.52. The third kappa shape index (κ3) is 3.73. The van der Waals surface area contributed by atoms with E-state index < -0.39 is 0 Å². The minimum Gasteiger partial charge on any atom is -0.440 e. The van der Waals surface area contributed by atoms with Crippen LogP contribution in [0.4, 0.5) is 0 Å². The number of aromatic nitrogens is 1. The van der Waals surface area contributed by atoms with Crippen LogP contribution < -0.4 is 5.32 Å². The molecule has 21 heavy (non-hydrogen) atoms. The van der Waals surface area contributed by atoms with Crippen molar-refractivity contribution >= 4 is 32.1 Å². The van der Waals surface area contributed by atoms with E-state index in [1.54, 1.807) is 22.7 Å². The number of fused-ring (bicyclic) bond motifs is 1. The Balaban J connectivity index is 1.55. The molecule has 0 aliphatic carbocycles. The summed E-state index contributed by atoms with van der Waals surface area (Å²) in [5.41, 5.74) is 0. The highest BCUT2D eigenvalue weighted by molar-refractivity contribution is 7.28. The van der Waals surface area contributed by atoms with Crippen molar-refractivity contribution in [2.75, 3.05) is 13.1 Å². The quantitative estimate of drug-likeness (QED) is 0.636. The maximum atomic E-state index is 5.87. The molecular formula is C16H20N2OS2. The van der Waals surface area contributed by atoms with Gasteiger partial charge in [-0.2, -0.15) is 0 Å². The molecule has 0 aliphatic heterocycles. The van der Waals surface area contributed by atoms with Gasteiger partial charge in [-0.15, -0.1) is 22.7 Å². The summed E-state index contributed by atoms with van der Waals surface area (Å²) in [6, 6.07) is 4.35. The molecule has 0 saturated carbocycles. The van der Waals surface area contributed by atoms with Crippen molar-refractivity contribution in [2.45, 2.75) is 26.7 Å². The Labute approximate surface area is 133 Å². The second kappa shape index (κ2) is 6.73. The van der Waals surface area contributed by atoms with Crippen LogP contribution in [-0.2, 0) is 6.42 Å². The molecule has 0 fully saturated rings. The predicted octanol–water partition coefficient (Wildman–Crippen LogP) is 4.80. The van der Waals surface area contributed by atoms with E-state index in [-0.39, 0.29) is 0 Å². The van der Waals surface area contributed by atoms with Crippen LogP contribution >= 0.6 is 22.7 Å². The first-order chi connectivity index (χ1) is 10.2. The fraction of sp³-hybridized carbons (Fsp3) is 0.438. The highest BCUT2D eigenvalue weighted by Crippen LogP contribution is 2.36. The standard InChI is InChI=1S/C16H20N2OS2/c1-11(2)9-17-6-3-4-16-18-10-12(19-16)14-8-15-13(21-14)5-7-20-15/h5,7-8,10-11,17H,3-4,6,9H2,1-2H3. The van der Waals surface area contributed by atoms with Gasteiger partial charge in [-0.05, 0) is 42.9 Å². The molecule has 3 aromatic rings. The molecule has 0 spiro atoms. The van der Waals surface area contributed by atoms with E-state index in [0.717, 1.165) is 37.6 Å². The maximum Gasteiger partial charge on any atom is 0.194 e. The first kappa shape index (κ1) is 14.8. The van der Waals surface area contributed by atoms with Crippen molar-refractivity contribution in [3.63, 3.8) is 0 Å². The lowest BCUT2D eigenvalue weighted by Gasteiger charge is -2.05. The molecule has 0 bridgehead atoms. The van der Waals surface area contributed by atoms with Crippen LogP contribution in [0.25, 0.3) is 20.0 Å². The minimum absolute atomic E-state index is 0.700. The predicted molar refractivity (Wildman–Crippen MR) is 91.2 cm³/mol. The first-order valence-electron chi connectivity index (χ1n) is 7.35. The molecule has 3 aromatic heterocycles. The van der Waals surface area contributed by atoms with Gasteiger partial charge in [-0.25, -0.2) is 4.98 Å². The average molecular weight is 320 g/mol. The average Bonchev–Trinajstić information content (AvgIpc) is 3.12. The van der Waals surface area contributed by atoms with Gasteiger partial charge < -0.3 is 9.73 Å². The van der Waals surface area contributed by atoms with Crippen LogP contribution in [0.3, 0.4) is 0 Å². The van der Waals surface area contributed by atoms with Crippen LogP contribution in [0.5, 0.6) is 0 Å². The van der Waals surface area contributed by atoms with Gasteiger partial charge in [0.25, 0.3) is 0 Å². The lowest BCUT2D eigenvalue weighted by atomic mass is 10.2. The van der Waals surface area contributed by atoms with E-state index in [2.05, 4.69) is 41.7 Å². The van der Waals surface area contributed by atoms with Gasteiger partial charge in [0.2, 0.25) is 0 Å². The van der Waals surface area contributed by atoms with Gasteiger partial charge in [0.15, 0.2) is 11.7 Å². The normalized spacial score (nSPS) is 11.8. The molecule has 5 heteroatoms. The van der Waals surface area contributed by atoms with Gasteiger partial charge in [-0.1, -0.05) is 13.8 Å². The van der Waals surface area contributed by atoms with E-state index in [0.29, 0.717) is 5.92 Å². The number of hydrogen-bond acceptors (Lipinski definition) is 5. The molecule has 0 saturated heterocycles. The molecule has 0 aliphatic rings. The molecule has 3 heterocycles. The molecular weight excluding hydrogens is 300 g/mol. The summed E-state index contributed by atoms with van der Waals surface area (Å²) in [7, 11) is 0. The van der Waals surface area contributed by atoms with E-state index >= 15 is 0 Å². The minimum atomic E-state index is 0.700. The summed E-state index contributed by atoms with van der Waals surface area (Å²) in [4.78, 5) is 5.57. The zero-order valence-electron chi connectivity index (χ0n) is 12.4. The summed E-state index contributed by atoms with van der Waals surface area (Å²) in [5, 5.41) is 5.57. The Morgan fingerprint density at radius 3 is 3.05 bits per heavy atom. The number of thiophene rings is 2. The zero-order valence-corrected chi connectivity index (χ0v) is 14.0. The number of nitrogens with one attached hydrogen (secondary N) is 1. The van der Waals surface area contributed by atoms with Crippen molar-refractivity contribution in [3.05, 3.63) is 29.6 Å². The maximum absolute atomic E-state index is 5.87. The summed E-state index contributed by atoms with van der Waals surface area (Å²) in [6.45, 7) is 6.53. The first-order valence-corrected chi connectivity index (χ1v) is 9.05. The van der Waals surface area contributed by atoms with Crippen molar-refractivity contribution in [2.24, 2.45) is 5.92 Å². The third-order valence-electron chi connectivity index (χ3n) is 3.23. The lowest BCUT2D eigenvalue weighted by Crippen LogP contribution is -2.21. The highest BCUT2D eigenvalue weighted by atomic mass is 32.1. The number of rotatable bonds is 7. The monoisotopic (exact) mass is 320 g/mol. The second-order valence-corrected chi connectivity index (χ2v) is 7.61. The van der Waals surface area contributed by atoms with Crippen LogP contribution in [0.15, 0.2) is 28.1 Å². The van der Waals surface area contributed by atoms with Crippen LogP contribution in [0.2, 0.25) is 0 Å². The van der Waals surface area contributed by atoms with Gasteiger partial charge in [0, 0.05) is 15.8 Å². The largest absolute Gasteiger partial charge is 0.440 e. The number of oxazole rings is 1. The Morgan fingerprint density at radius 2 is 2.24 bits per heavy atom. The van der Waals surface area contributed by atoms with Crippen LogP contribution in [-0.4, -0.2) is 18.1 Å². The molecule has 0 amide bonds. The third-order valence-corrected chi connectivity index (χ3v) is 5.34. The highest BCUT2D eigenvalue weighted by Gasteiger charge is 2.10. The Kier molecular flexibility index (Phi) is 4.73. The van der Waals surface area contributed by atoms with Gasteiger partial charge in [0.05, 0.1) is 11.1 Å². The fourth-order valence-electron chi connectivity index (χ4n) is 2.18. The smallest absolute Gasteiger partial charge is 0.194 e. The summed E-state index contributed by atoms with van der Waals surface area (Å²) >= 11 is 3.54. The number of hydrogen-bond donors (Lipinski definition) is 1. The fourth-order valence-corrected chi connectivity index (χ4v) is 4.24. The van der Waals surface area contributed by atoms with Crippen LogP contribution in [0, 0.1) is 5.92 Å². The van der Waals surface area contributed by atoms with E-state index in [9.17, 15) is 0 Å². The second-order valence-electron chi connectivity index (χ2n) is 5.58. The molecule has 0 aromatic carbocycles. The van der Waals surface area contributed by atoms with Crippen molar-refractivity contribution in [1.82, 2.24) is 10.3 Å². The van der Waals surface area contributed by atoms with E-state index in [1.165, 1.54) is 14.3 Å². The Bertz CT molecular complexity index is 667. The molecule has 3 rings (SSSR count). The molecule has 0 unspecified atom stereocenters. The summed E-state index contributed by atoms with van der Waals surface area (Å²) in [6.07, 6.45) is 3.81. The molecule has 0 atom stereocenters. The molecule has 112 valence electrons. The van der Waals surface area contributed by atoms with Crippen molar-refractivity contribution in [1.29, 1.82) is 0 Å². The number of nitrogens with zero attached hydrogens (tertiary/aromatic N) is 1. The van der Waals surface area contributed by atoms with E-state index in [4.69, 9.17) is 4.42 Å². The Morgan fingerprint density at radius 1 is 1.33 bits per heavy atom.